The van der Waals surface area contributed by atoms with E-state index in [9.17, 15) is 8.78 Å². The molecule has 4 rings (SSSR count). The van der Waals surface area contributed by atoms with Crippen molar-refractivity contribution < 1.29 is 8.78 Å². The van der Waals surface area contributed by atoms with E-state index in [-0.39, 0.29) is 10.8 Å². The van der Waals surface area contributed by atoms with Gasteiger partial charge in [0.25, 0.3) is 0 Å². The summed E-state index contributed by atoms with van der Waals surface area (Å²) in [4.78, 5) is 0. The van der Waals surface area contributed by atoms with Crippen LogP contribution in [0.5, 0.6) is 0 Å². The molecule has 0 aliphatic heterocycles. The van der Waals surface area contributed by atoms with Gasteiger partial charge in [0.15, 0.2) is 0 Å². The number of benzene rings is 1. The van der Waals surface area contributed by atoms with Gasteiger partial charge >= 0.3 is 0 Å². The monoisotopic (exact) mass is 228 g/mol. The molecular weight excluding hydrogens is 218 g/mol. The van der Waals surface area contributed by atoms with Gasteiger partial charge in [-0.3, -0.25) is 0 Å². The van der Waals surface area contributed by atoms with Gasteiger partial charge in [-0.15, -0.1) is 11.6 Å². The van der Waals surface area contributed by atoms with Gasteiger partial charge in [-0.1, -0.05) is 6.07 Å². The van der Waals surface area contributed by atoms with E-state index in [1.165, 1.54) is 6.07 Å². The molecule has 0 heterocycles. The molecule has 0 unspecified atom stereocenters. The first-order valence-corrected chi connectivity index (χ1v) is 5.64. The topological polar surface area (TPSA) is 0 Å². The molecule has 0 radical (unpaired) electrons. The van der Waals surface area contributed by atoms with E-state index in [1.807, 2.05) is 0 Å². The van der Waals surface area contributed by atoms with Crippen molar-refractivity contribution in [3.05, 3.63) is 35.4 Å². The zero-order chi connectivity index (χ0) is 10.7. The average molecular weight is 229 g/mol. The lowest BCUT2D eigenvalue weighted by Crippen LogP contribution is -2.65. The molecule has 2 bridgehead atoms. The van der Waals surface area contributed by atoms with Gasteiger partial charge in [0.05, 0.1) is 0 Å². The minimum Gasteiger partial charge on any atom is -0.207 e. The van der Waals surface area contributed by atoms with Crippen LogP contribution in [0, 0.1) is 17.0 Å². The summed E-state index contributed by atoms with van der Waals surface area (Å²) in [5, 5.41) is 0. The fourth-order valence-electron chi connectivity index (χ4n) is 3.35. The van der Waals surface area contributed by atoms with Crippen LogP contribution in [0.15, 0.2) is 18.2 Å². The van der Waals surface area contributed by atoms with Crippen LogP contribution in [0.3, 0.4) is 0 Å². The van der Waals surface area contributed by atoms with Crippen molar-refractivity contribution in [3.8, 4) is 0 Å². The number of hydrogen-bond acceptors (Lipinski definition) is 0. The first-order chi connectivity index (χ1) is 7.09. The molecule has 0 N–H and O–H groups in total. The van der Waals surface area contributed by atoms with Gasteiger partial charge in [-0.25, -0.2) is 8.78 Å². The molecule has 0 atom stereocenters. The Balaban J connectivity index is 1.91. The second kappa shape index (κ2) is 2.73. The quantitative estimate of drug-likeness (QED) is 0.679. The molecule has 0 nitrogen and oxygen atoms in total. The van der Waals surface area contributed by atoms with Gasteiger partial charge in [0.2, 0.25) is 0 Å². The molecule has 3 aliphatic carbocycles. The Morgan fingerprint density at radius 2 is 1.87 bits per heavy atom. The first-order valence-electron chi connectivity index (χ1n) is 5.11. The maximum Gasteiger partial charge on any atom is 0.129 e. The number of rotatable bonds is 2. The summed E-state index contributed by atoms with van der Waals surface area (Å²) in [6.07, 6.45) is 2.89. The maximum absolute atomic E-state index is 13.5. The van der Waals surface area contributed by atoms with Crippen molar-refractivity contribution in [2.45, 2.75) is 24.7 Å². The van der Waals surface area contributed by atoms with Gasteiger partial charge in [-0.05, 0) is 41.7 Å². The van der Waals surface area contributed by atoms with Crippen molar-refractivity contribution in [2.75, 3.05) is 5.88 Å². The molecule has 1 aromatic carbocycles. The molecule has 0 saturated heterocycles. The van der Waals surface area contributed by atoms with E-state index in [0.29, 0.717) is 11.4 Å². The SMILES string of the molecule is Fc1ccc(C23CC(CCl)(C2)C3)c(F)c1. The lowest BCUT2D eigenvalue weighted by molar-refractivity contribution is -0.124. The van der Waals surface area contributed by atoms with Crippen LogP contribution in [0.4, 0.5) is 8.78 Å². The Bertz CT molecular complexity index is 408. The first kappa shape index (κ1) is 9.59. The van der Waals surface area contributed by atoms with Crippen molar-refractivity contribution in [1.82, 2.24) is 0 Å². The number of alkyl halides is 1. The summed E-state index contributed by atoms with van der Waals surface area (Å²) >= 11 is 5.84. The minimum absolute atomic E-state index is 0.0212. The molecule has 3 fully saturated rings. The minimum atomic E-state index is -0.505. The summed E-state index contributed by atoms with van der Waals surface area (Å²) < 4.78 is 26.3. The Morgan fingerprint density at radius 1 is 1.20 bits per heavy atom. The zero-order valence-corrected chi connectivity index (χ0v) is 8.95. The second-order valence-electron chi connectivity index (χ2n) is 5.07. The largest absolute Gasteiger partial charge is 0.207 e. The van der Waals surface area contributed by atoms with Crippen LogP contribution in [-0.4, -0.2) is 5.88 Å². The molecule has 1 aromatic rings. The van der Waals surface area contributed by atoms with Crippen molar-refractivity contribution in [2.24, 2.45) is 5.41 Å². The van der Waals surface area contributed by atoms with Crippen molar-refractivity contribution in [3.63, 3.8) is 0 Å². The zero-order valence-electron chi connectivity index (χ0n) is 8.19. The lowest BCUT2D eigenvalue weighted by atomic mass is 9.34. The Kier molecular flexibility index (Phi) is 1.75. The van der Waals surface area contributed by atoms with Gasteiger partial charge in [0, 0.05) is 11.9 Å². The van der Waals surface area contributed by atoms with E-state index in [2.05, 4.69) is 0 Å². The average Bonchev–Trinajstić information content (AvgIpc) is 2.04. The molecular formula is C12H11ClF2. The summed E-state index contributed by atoms with van der Waals surface area (Å²) in [5.41, 5.74) is 0.922. The van der Waals surface area contributed by atoms with E-state index in [4.69, 9.17) is 11.6 Å². The van der Waals surface area contributed by atoms with Crippen molar-refractivity contribution in [1.29, 1.82) is 0 Å². The standard InChI is InChI=1S/C12H11ClF2/c13-7-11-4-12(5-11,6-11)9-2-1-8(14)3-10(9)15/h1-3H,4-7H2. The highest BCUT2D eigenvalue weighted by molar-refractivity contribution is 6.18. The highest BCUT2D eigenvalue weighted by atomic mass is 35.5. The molecule has 15 heavy (non-hydrogen) atoms. The van der Waals surface area contributed by atoms with Gasteiger partial charge in [-0.2, -0.15) is 0 Å². The third-order valence-electron chi connectivity index (χ3n) is 3.93. The third-order valence-corrected chi connectivity index (χ3v) is 4.49. The van der Waals surface area contributed by atoms with E-state index < -0.39 is 11.6 Å². The normalized spacial score (nSPS) is 37.0. The Labute approximate surface area is 92.2 Å². The van der Waals surface area contributed by atoms with Crippen molar-refractivity contribution >= 4 is 11.6 Å². The van der Waals surface area contributed by atoms with Gasteiger partial charge in [0.1, 0.15) is 11.6 Å². The lowest BCUT2D eigenvalue weighted by Gasteiger charge is -2.70. The highest BCUT2D eigenvalue weighted by Gasteiger charge is 2.68. The predicted octanol–water partition coefficient (Wildman–Crippen LogP) is 3.63. The maximum atomic E-state index is 13.5. The second-order valence-corrected chi connectivity index (χ2v) is 5.34. The number of hydrogen-bond donors (Lipinski definition) is 0. The van der Waals surface area contributed by atoms with Gasteiger partial charge < -0.3 is 0 Å². The summed E-state index contributed by atoms with van der Waals surface area (Å²) in [5.74, 6) is -0.245. The van der Waals surface area contributed by atoms with Crippen LogP contribution in [0.2, 0.25) is 0 Å². The molecule has 3 saturated carbocycles. The molecule has 0 aromatic heterocycles. The summed E-state index contributed by atoms with van der Waals surface area (Å²) in [7, 11) is 0. The van der Waals surface area contributed by atoms with Crippen LogP contribution in [0.25, 0.3) is 0 Å². The fraction of sp³-hybridized carbons (Fsp3) is 0.500. The third kappa shape index (κ3) is 1.12. The molecule has 0 amide bonds. The molecule has 3 aliphatic rings. The van der Waals surface area contributed by atoms with Crippen LogP contribution in [0.1, 0.15) is 24.8 Å². The van der Waals surface area contributed by atoms with E-state index in [0.717, 1.165) is 25.3 Å². The smallest absolute Gasteiger partial charge is 0.129 e. The summed E-state index contributed by atoms with van der Waals surface area (Å²) in [6.45, 7) is 0. The van der Waals surface area contributed by atoms with E-state index in [1.54, 1.807) is 6.07 Å². The van der Waals surface area contributed by atoms with Crippen LogP contribution in [-0.2, 0) is 5.41 Å². The van der Waals surface area contributed by atoms with E-state index >= 15 is 0 Å². The molecule has 80 valence electrons. The van der Waals surface area contributed by atoms with Crippen LogP contribution >= 0.6 is 11.6 Å². The Morgan fingerprint density at radius 3 is 2.40 bits per heavy atom. The Hall–Kier alpha value is -0.630. The summed E-state index contributed by atoms with van der Waals surface area (Å²) in [6, 6.07) is 3.90. The number of halogens is 3. The highest BCUT2D eigenvalue weighted by Crippen LogP contribution is 2.74. The predicted molar refractivity (Wildman–Crippen MR) is 55.0 cm³/mol. The fourth-order valence-corrected chi connectivity index (χ4v) is 3.63. The molecule has 3 heteroatoms. The van der Waals surface area contributed by atoms with Crippen LogP contribution < -0.4 is 0 Å². The molecule has 0 spiro atoms.